The summed E-state index contributed by atoms with van der Waals surface area (Å²) in [5.41, 5.74) is 1.07. The fraction of sp³-hybridized carbons (Fsp3) is 0.750. The third-order valence-electron chi connectivity index (χ3n) is 4.98. The molecule has 1 fully saturated rings. The molecule has 0 bridgehead atoms. The number of nitrogens with one attached hydrogen (secondary N) is 2. The Balaban J connectivity index is 2.33. The second-order valence-electron chi connectivity index (χ2n) is 6.63. The molecule has 2 rings (SSSR count). The molecule has 0 saturated heterocycles. The number of amides is 2. The Morgan fingerprint density at radius 2 is 2.04 bits per heavy atom. The van der Waals surface area contributed by atoms with Crippen LogP contribution >= 0.6 is 0 Å². The Labute approximate surface area is 146 Å². The maximum atomic E-state index is 12.0. The van der Waals surface area contributed by atoms with Crippen LogP contribution in [0.3, 0.4) is 0 Å². The third-order valence-corrected chi connectivity index (χ3v) is 4.98. The molecule has 0 aliphatic heterocycles. The van der Waals surface area contributed by atoms with Crippen molar-refractivity contribution in [3.63, 3.8) is 0 Å². The molecule has 0 spiro atoms. The molecule has 9 heteroatoms. The van der Waals surface area contributed by atoms with Crippen LogP contribution in [0.4, 0.5) is 4.79 Å². The van der Waals surface area contributed by atoms with Gasteiger partial charge in [0.15, 0.2) is 5.82 Å². The highest BCUT2D eigenvalue weighted by Crippen LogP contribution is 2.46. The smallest absolute Gasteiger partial charge is 0.405 e. The van der Waals surface area contributed by atoms with Crippen LogP contribution in [0.25, 0.3) is 0 Å². The molecule has 1 unspecified atom stereocenters. The topological polar surface area (TPSA) is 138 Å². The Hall–Kier alpha value is -2.16. The third kappa shape index (κ3) is 4.68. The van der Waals surface area contributed by atoms with Crippen molar-refractivity contribution in [3.05, 3.63) is 11.7 Å². The molecule has 1 aromatic rings. The number of aromatic nitrogens is 2. The summed E-state index contributed by atoms with van der Waals surface area (Å²) in [5.74, 6) is 0.312. The van der Waals surface area contributed by atoms with Crippen LogP contribution in [0.1, 0.15) is 70.0 Å². The molecule has 1 aliphatic rings. The number of carbonyl (C=O) groups excluding carboxylic acids is 1. The van der Waals surface area contributed by atoms with Gasteiger partial charge in [-0.15, -0.1) is 0 Å². The normalized spacial score (nSPS) is 17.7. The number of hydrogen-bond donors (Lipinski definition) is 4. The van der Waals surface area contributed by atoms with Gasteiger partial charge in [0.25, 0.3) is 0 Å². The molecule has 0 radical (unpaired) electrons. The summed E-state index contributed by atoms with van der Waals surface area (Å²) in [6.07, 6.45) is 5.65. The fourth-order valence-electron chi connectivity index (χ4n) is 3.90. The van der Waals surface area contributed by atoms with Crippen molar-refractivity contribution < 1.29 is 24.4 Å². The van der Waals surface area contributed by atoms with Crippen LogP contribution in [-0.2, 0) is 16.8 Å². The summed E-state index contributed by atoms with van der Waals surface area (Å²) in [4.78, 5) is 27.0. The van der Waals surface area contributed by atoms with Gasteiger partial charge in [-0.3, -0.25) is 10.0 Å². The van der Waals surface area contributed by atoms with Gasteiger partial charge in [0, 0.05) is 6.42 Å². The number of carbonyl (C=O) groups is 2. The number of nitrogens with zero attached hydrogens (tertiary/aromatic N) is 2. The molecule has 1 heterocycles. The van der Waals surface area contributed by atoms with E-state index in [4.69, 9.17) is 14.8 Å². The minimum Gasteiger partial charge on any atom is -0.465 e. The largest absolute Gasteiger partial charge is 0.465 e. The zero-order valence-electron chi connectivity index (χ0n) is 14.5. The van der Waals surface area contributed by atoms with E-state index in [1.165, 1.54) is 6.42 Å². The summed E-state index contributed by atoms with van der Waals surface area (Å²) in [6.45, 7) is 1.97. The van der Waals surface area contributed by atoms with Gasteiger partial charge in [-0.25, -0.2) is 10.3 Å². The van der Waals surface area contributed by atoms with Gasteiger partial charge in [0.1, 0.15) is 0 Å². The summed E-state index contributed by atoms with van der Waals surface area (Å²) < 4.78 is 5.46. The Bertz CT molecular complexity index is 585. The fourth-order valence-corrected chi connectivity index (χ4v) is 3.90. The van der Waals surface area contributed by atoms with Crippen molar-refractivity contribution in [2.24, 2.45) is 5.92 Å². The van der Waals surface area contributed by atoms with Gasteiger partial charge in [0.05, 0.1) is 12.0 Å². The van der Waals surface area contributed by atoms with Crippen molar-refractivity contribution >= 4 is 12.0 Å². The van der Waals surface area contributed by atoms with E-state index in [1.807, 2.05) is 6.92 Å². The lowest BCUT2D eigenvalue weighted by Gasteiger charge is -2.39. The number of carboxylic acid groups (broad SMARTS) is 1. The molecule has 1 aliphatic carbocycles. The number of hydrogen-bond acceptors (Lipinski definition) is 6. The average Bonchev–Trinajstić information content (AvgIpc) is 3.09. The van der Waals surface area contributed by atoms with E-state index in [2.05, 4.69) is 15.5 Å². The van der Waals surface area contributed by atoms with E-state index >= 15 is 0 Å². The molecule has 0 aromatic carbocycles. The van der Waals surface area contributed by atoms with Gasteiger partial charge in [-0.05, 0) is 25.2 Å². The molecule has 1 aromatic heterocycles. The van der Waals surface area contributed by atoms with Crippen LogP contribution in [0, 0.1) is 5.92 Å². The first-order valence-electron chi connectivity index (χ1n) is 8.74. The average molecular weight is 354 g/mol. The summed E-state index contributed by atoms with van der Waals surface area (Å²) in [7, 11) is 0. The quantitative estimate of drug-likeness (QED) is 0.415. The summed E-state index contributed by atoms with van der Waals surface area (Å²) in [5, 5.41) is 23.8. The SMILES string of the molecule is CCCC(CC(=O)NO)(c1nc(CNC(=O)O)no1)C1CCCCC1. The van der Waals surface area contributed by atoms with Crippen molar-refractivity contribution in [1.82, 2.24) is 20.9 Å². The second-order valence-corrected chi connectivity index (χ2v) is 6.63. The number of hydroxylamine groups is 1. The van der Waals surface area contributed by atoms with Crippen LogP contribution < -0.4 is 10.8 Å². The minimum atomic E-state index is -1.17. The molecule has 2 amide bonds. The maximum Gasteiger partial charge on any atom is 0.405 e. The van der Waals surface area contributed by atoms with Crippen LogP contribution in [0.5, 0.6) is 0 Å². The van der Waals surface area contributed by atoms with Crippen LogP contribution in [0.15, 0.2) is 4.52 Å². The van der Waals surface area contributed by atoms with Crippen LogP contribution in [0.2, 0.25) is 0 Å². The predicted molar refractivity (Wildman–Crippen MR) is 86.9 cm³/mol. The van der Waals surface area contributed by atoms with E-state index in [0.717, 1.165) is 32.1 Å². The minimum absolute atomic E-state index is 0.0576. The first-order chi connectivity index (χ1) is 12.0. The Morgan fingerprint density at radius 3 is 2.64 bits per heavy atom. The lowest BCUT2D eigenvalue weighted by Crippen LogP contribution is -2.41. The molecule has 4 N–H and O–H groups in total. The van der Waals surface area contributed by atoms with Crippen molar-refractivity contribution in [3.8, 4) is 0 Å². The van der Waals surface area contributed by atoms with Gasteiger partial charge in [0.2, 0.25) is 11.8 Å². The first kappa shape index (κ1) is 19.2. The van der Waals surface area contributed by atoms with Crippen molar-refractivity contribution in [1.29, 1.82) is 0 Å². The highest BCUT2D eigenvalue weighted by molar-refractivity contribution is 5.76. The Kier molecular flexibility index (Phi) is 6.74. The first-order valence-corrected chi connectivity index (χ1v) is 8.74. The zero-order chi connectivity index (χ0) is 18.3. The van der Waals surface area contributed by atoms with Gasteiger partial charge in [-0.1, -0.05) is 37.8 Å². The van der Waals surface area contributed by atoms with Gasteiger partial charge >= 0.3 is 6.09 Å². The van der Waals surface area contributed by atoms with Gasteiger partial charge < -0.3 is 14.9 Å². The molecule has 9 nitrogen and oxygen atoms in total. The lowest BCUT2D eigenvalue weighted by atomic mass is 9.64. The molecule has 1 atom stereocenters. The summed E-state index contributed by atoms with van der Waals surface area (Å²) >= 11 is 0. The summed E-state index contributed by atoms with van der Waals surface area (Å²) in [6, 6.07) is 0. The van der Waals surface area contributed by atoms with Crippen molar-refractivity contribution in [2.45, 2.75) is 70.3 Å². The second kappa shape index (κ2) is 8.80. The standard InChI is InChI=1S/C16H26N4O5/c1-2-8-16(9-13(21)19-24,11-6-4-3-5-7-11)14-18-12(20-25-14)10-17-15(22)23/h11,17,24H,2-10H2,1H3,(H,19,21)(H,22,23). The highest BCUT2D eigenvalue weighted by atomic mass is 16.5. The molecular weight excluding hydrogens is 328 g/mol. The lowest BCUT2D eigenvalue weighted by molar-refractivity contribution is -0.131. The van der Waals surface area contributed by atoms with E-state index < -0.39 is 17.4 Å². The van der Waals surface area contributed by atoms with E-state index in [-0.39, 0.29) is 24.7 Å². The van der Waals surface area contributed by atoms with E-state index in [9.17, 15) is 9.59 Å². The van der Waals surface area contributed by atoms with Crippen LogP contribution in [-0.4, -0.2) is 32.5 Å². The van der Waals surface area contributed by atoms with E-state index in [1.54, 1.807) is 5.48 Å². The highest BCUT2D eigenvalue weighted by Gasteiger charge is 2.46. The Morgan fingerprint density at radius 1 is 1.32 bits per heavy atom. The van der Waals surface area contributed by atoms with Crippen molar-refractivity contribution in [2.75, 3.05) is 0 Å². The zero-order valence-corrected chi connectivity index (χ0v) is 14.5. The molecular formula is C16H26N4O5. The molecule has 25 heavy (non-hydrogen) atoms. The monoisotopic (exact) mass is 354 g/mol. The molecule has 1 saturated carbocycles. The van der Waals surface area contributed by atoms with E-state index in [0.29, 0.717) is 12.3 Å². The predicted octanol–water partition coefficient (Wildman–Crippen LogP) is 2.35. The molecule has 140 valence electrons. The maximum absolute atomic E-state index is 12.0. The van der Waals surface area contributed by atoms with Gasteiger partial charge in [-0.2, -0.15) is 4.98 Å². The number of rotatable bonds is 8.